The van der Waals surface area contributed by atoms with E-state index in [2.05, 4.69) is 0 Å². The summed E-state index contributed by atoms with van der Waals surface area (Å²) in [6, 6.07) is 4.40. The van der Waals surface area contributed by atoms with Crippen molar-refractivity contribution in [1.82, 2.24) is 4.90 Å². The number of amides is 1. The molecule has 2 fully saturated rings. The number of sulfonamides is 1. The van der Waals surface area contributed by atoms with E-state index in [4.69, 9.17) is 14.6 Å². The van der Waals surface area contributed by atoms with Crippen LogP contribution >= 0.6 is 0 Å². The van der Waals surface area contributed by atoms with Crippen molar-refractivity contribution in [2.75, 3.05) is 26.8 Å². The largest absolute Gasteiger partial charge is 0.378 e. The first-order valence-electron chi connectivity index (χ1n) is 8.86. The molecule has 3 rings (SSSR count). The molecule has 1 spiro atoms. The van der Waals surface area contributed by atoms with Crippen LogP contribution in [0.3, 0.4) is 0 Å². The van der Waals surface area contributed by atoms with Gasteiger partial charge >= 0.3 is 0 Å². The van der Waals surface area contributed by atoms with Crippen LogP contribution in [0.1, 0.15) is 41.6 Å². The zero-order valence-electron chi connectivity index (χ0n) is 15.2. The second-order valence-electron chi connectivity index (χ2n) is 7.09. The topological polar surface area (TPSA) is 98.9 Å². The van der Waals surface area contributed by atoms with Crippen molar-refractivity contribution < 1.29 is 22.7 Å². The molecule has 0 aliphatic carbocycles. The molecule has 1 aromatic rings. The molecule has 0 radical (unpaired) electrons. The fourth-order valence-electron chi connectivity index (χ4n) is 3.97. The Morgan fingerprint density at radius 3 is 2.65 bits per heavy atom. The van der Waals surface area contributed by atoms with E-state index in [1.54, 1.807) is 25.0 Å². The van der Waals surface area contributed by atoms with Crippen LogP contribution in [0.5, 0.6) is 0 Å². The van der Waals surface area contributed by atoms with E-state index in [9.17, 15) is 13.2 Å². The molecule has 7 nitrogen and oxygen atoms in total. The van der Waals surface area contributed by atoms with Gasteiger partial charge in [-0.2, -0.15) is 0 Å². The maximum absolute atomic E-state index is 12.9. The number of benzene rings is 1. The van der Waals surface area contributed by atoms with Gasteiger partial charge < -0.3 is 14.4 Å². The Kier molecular flexibility index (Phi) is 5.39. The molecule has 8 heteroatoms. The number of hydrogen-bond acceptors (Lipinski definition) is 5. The average molecular weight is 382 g/mol. The first-order valence-corrected chi connectivity index (χ1v) is 10.4. The highest BCUT2D eigenvalue weighted by molar-refractivity contribution is 7.89. The Morgan fingerprint density at radius 2 is 2.04 bits per heavy atom. The number of carbonyl (C=O) groups excluding carboxylic acids is 1. The lowest BCUT2D eigenvalue weighted by Gasteiger charge is -2.48. The first kappa shape index (κ1) is 19.3. The molecular formula is C18H26N2O5S. The third-order valence-electron chi connectivity index (χ3n) is 5.54. The van der Waals surface area contributed by atoms with Crippen LogP contribution in [-0.4, -0.2) is 57.7 Å². The van der Waals surface area contributed by atoms with Gasteiger partial charge in [-0.05, 0) is 50.3 Å². The van der Waals surface area contributed by atoms with Crippen LogP contribution in [0.25, 0.3) is 0 Å². The number of carbonyl (C=O) groups is 1. The number of nitrogens with zero attached hydrogens (tertiary/aromatic N) is 1. The van der Waals surface area contributed by atoms with Gasteiger partial charge in [0.1, 0.15) is 0 Å². The van der Waals surface area contributed by atoms with Gasteiger partial charge in [0.25, 0.3) is 5.91 Å². The summed E-state index contributed by atoms with van der Waals surface area (Å²) in [5, 5.41) is 5.20. The maximum atomic E-state index is 12.9. The van der Waals surface area contributed by atoms with E-state index in [0.29, 0.717) is 31.5 Å². The summed E-state index contributed by atoms with van der Waals surface area (Å²) in [6.07, 6.45) is 3.44. The van der Waals surface area contributed by atoms with Crippen molar-refractivity contribution in [3.8, 4) is 0 Å². The Hall–Kier alpha value is -1.48. The second-order valence-corrected chi connectivity index (χ2v) is 8.66. The zero-order valence-corrected chi connectivity index (χ0v) is 16.0. The van der Waals surface area contributed by atoms with E-state index >= 15 is 0 Å². The number of piperidine rings is 1. The fourth-order valence-corrected chi connectivity index (χ4v) is 4.51. The number of methoxy groups -OCH3 is 1. The summed E-state index contributed by atoms with van der Waals surface area (Å²) in [4.78, 5) is 14.6. The van der Waals surface area contributed by atoms with Crippen molar-refractivity contribution in [3.63, 3.8) is 0 Å². The summed E-state index contributed by atoms with van der Waals surface area (Å²) in [5.74, 6) is -0.173. The molecule has 0 saturated carbocycles. The van der Waals surface area contributed by atoms with Gasteiger partial charge in [0.15, 0.2) is 0 Å². The van der Waals surface area contributed by atoms with Crippen molar-refractivity contribution in [3.05, 3.63) is 29.3 Å². The highest BCUT2D eigenvalue weighted by Gasteiger charge is 2.45. The van der Waals surface area contributed by atoms with Gasteiger partial charge in [0, 0.05) is 32.4 Å². The summed E-state index contributed by atoms with van der Waals surface area (Å²) >= 11 is 0. The maximum Gasteiger partial charge on any atom is 0.254 e. The Labute approximate surface area is 154 Å². The number of nitrogens with two attached hydrogens (primary N) is 1. The van der Waals surface area contributed by atoms with Gasteiger partial charge in [0.05, 0.1) is 16.6 Å². The number of rotatable bonds is 3. The average Bonchev–Trinajstić information content (AvgIpc) is 2.61. The van der Waals surface area contributed by atoms with Gasteiger partial charge in [-0.1, -0.05) is 6.07 Å². The van der Waals surface area contributed by atoms with Gasteiger partial charge in [-0.3, -0.25) is 4.79 Å². The molecule has 1 unspecified atom stereocenters. The minimum absolute atomic E-state index is 0.0463. The second kappa shape index (κ2) is 7.26. The van der Waals surface area contributed by atoms with E-state index in [1.807, 2.05) is 0 Å². The minimum atomic E-state index is -3.85. The summed E-state index contributed by atoms with van der Waals surface area (Å²) in [7, 11) is -2.14. The van der Waals surface area contributed by atoms with Gasteiger partial charge in [-0.15, -0.1) is 0 Å². The number of aryl methyl sites for hydroxylation is 1. The SMILES string of the molecule is COC1CCCOC12CCN(C(=O)c1cc(S(N)(=O)=O)ccc1C)CC2. The lowest BCUT2D eigenvalue weighted by Crippen LogP contribution is -2.56. The van der Waals surface area contributed by atoms with Crippen molar-refractivity contribution >= 4 is 15.9 Å². The molecule has 2 saturated heterocycles. The predicted octanol–water partition coefficient (Wildman–Crippen LogP) is 1.44. The summed E-state index contributed by atoms with van der Waals surface area (Å²) in [6.45, 7) is 3.62. The van der Waals surface area contributed by atoms with E-state index in [1.165, 1.54) is 12.1 Å². The van der Waals surface area contributed by atoms with Gasteiger partial charge in [0.2, 0.25) is 10.0 Å². The lowest BCUT2D eigenvalue weighted by molar-refractivity contribution is -0.183. The summed E-state index contributed by atoms with van der Waals surface area (Å²) < 4.78 is 34.9. The third kappa shape index (κ3) is 3.64. The molecule has 1 atom stereocenters. The van der Waals surface area contributed by atoms with Crippen LogP contribution in [0.4, 0.5) is 0 Å². The van der Waals surface area contributed by atoms with E-state index in [-0.39, 0.29) is 22.5 Å². The normalized spacial score (nSPS) is 23.2. The van der Waals surface area contributed by atoms with Gasteiger partial charge in [-0.25, -0.2) is 13.6 Å². The number of hydrogen-bond donors (Lipinski definition) is 1. The smallest absolute Gasteiger partial charge is 0.254 e. The van der Waals surface area contributed by atoms with Crippen LogP contribution in [0.15, 0.2) is 23.1 Å². The standard InChI is InChI=1S/C18H26N2O5S/c1-13-5-6-14(26(19,22)23)12-15(13)17(21)20-9-7-18(8-10-20)16(24-2)4-3-11-25-18/h5-6,12,16H,3-4,7-11H2,1-2H3,(H2,19,22,23). The number of ether oxygens (including phenoxy) is 2. The molecule has 144 valence electrons. The molecule has 1 aromatic carbocycles. The number of primary sulfonamides is 1. The van der Waals surface area contributed by atoms with Crippen LogP contribution in [0, 0.1) is 6.92 Å². The zero-order chi connectivity index (χ0) is 18.9. The molecular weight excluding hydrogens is 356 g/mol. The summed E-state index contributed by atoms with van der Waals surface area (Å²) in [5.41, 5.74) is 0.785. The molecule has 1 amide bonds. The predicted molar refractivity (Wildman–Crippen MR) is 96.4 cm³/mol. The molecule has 26 heavy (non-hydrogen) atoms. The lowest BCUT2D eigenvalue weighted by atomic mass is 9.81. The molecule has 0 aromatic heterocycles. The Bertz CT molecular complexity index is 785. The van der Waals surface area contributed by atoms with Crippen molar-refractivity contribution in [2.24, 2.45) is 5.14 Å². The molecule has 2 N–H and O–H groups in total. The Morgan fingerprint density at radius 1 is 1.35 bits per heavy atom. The monoisotopic (exact) mass is 382 g/mol. The number of likely N-dealkylation sites (tertiary alicyclic amines) is 1. The highest BCUT2D eigenvalue weighted by atomic mass is 32.2. The highest BCUT2D eigenvalue weighted by Crippen LogP contribution is 2.37. The van der Waals surface area contributed by atoms with Crippen molar-refractivity contribution in [1.29, 1.82) is 0 Å². The van der Waals surface area contributed by atoms with E-state index < -0.39 is 10.0 Å². The fraction of sp³-hybridized carbons (Fsp3) is 0.611. The third-order valence-corrected chi connectivity index (χ3v) is 6.45. The molecule has 2 aliphatic heterocycles. The molecule has 2 aliphatic rings. The quantitative estimate of drug-likeness (QED) is 0.853. The van der Waals surface area contributed by atoms with E-state index in [0.717, 1.165) is 25.0 Å². The van der Waals surface area contributed by atoms with Crippen molar-refractivity contribution in [2.45, 2.75) is 49.2 Å². The minimum Gasteiger partial charge on any atom is -0.378 e. The van der Waals surface area contributed by atoms with Crippen LogP contribution in [-0.2, 0) is 19.5 Å². The van der Waals surface area contributed by atoms with Crippen LogP contribution in [0.2, 0.25) is 0 Å². The Balaban J connectivity index is 1.77. The molecule has 0 bridgehead atoms. The first-order chi connectivity index (χ1) is 12.3. The van der Waals surface area contributed by atoms with Crippen LogP contribution < -0.4 is 5.14 Å². The molecule has 2 heterocycles.